The molecule has 37 heavy (non-hydrogen) atoms. The van der Waals surface area contributed by atoms with Crippen LogP contribution in [0.2, 0.25) is 0 Å². The number of nitro groups is 1. The number of allylic oxidation sites excluding steroid dienone is 2. The summed E-state index contributed by atoms with van der Waals surface area (Å²) in [6.07, 6.45) is 4.23. The lowest BCUT2D eigenvalue weighted by atomic mass is 9.84. The minimum Gasteiger partial charge on any atom is -0.456 e. The van der Waals surface area contributed by atoms with Crippen LogP contribution in [-0.2, 0) is 39.3 Å². The Labute approximate surface area is 211 Å². The maximum Gasteiger partial charge on any atom is 0.342 e. The SMILES string of the molecule is CC1=C(C(=O)OCc2ccccn2)C(c2ncc([N+](=O)[O-])n2C)C(C(=O)OCc2ccccn2)=C(C)N1. The molecule has 0 spiro atoms. The summed E-state index contributed by atoms with van der Waals surface area (Å²) in [6, 6.07) is 10.4. The van der Waals surface area contributed by atoms with Crippen LogP contribution >= 0.6 is 0 Å². The summed E-state index contributed by atoms with van der Waals surface area (Å²) in [5.41, 5.74) is 2.05. The highest BCUT2D eigenvalue weighted by atomic mass is 16.6. The van der Waals surface area contributed by atoms with Gasteiger partial charge in [0.25, 0.3) is 0 Å². The highest BCUT2D eigenvalue weighted by Gasteiger charge is 2.43. The quantitative estimate of drug-likeness (QED) is 0.275. The highest BCUT2D eigenvalue weighted by Crippen LogP contribution is 2.39. The Kier molecular flexibility index (Phi) is 7.37. The van der Waals surface area contributed by atoms with E-state index < -0.39 is 22.8 Å². The summed E-state index contributed by atoms with van der Waals surface area (Å²) < 4.78 is 12.3. The van der Waals surface area contributed by atoms with Gasteiger partial charge in [-0.05, 0) is 43.0 Å². The van der Waals surface area contributed by atoms with Crippen LogP contribution in [-0.4, -0.2) is 36.4 Å². The van der Waals surface area contributed by atoms with Crippen molar-refractivity contribution in [1.29, 1.82) is 0 Å². The average Bonchev–Trinajstić information content (AvgIpc) is 3.28. The van der Waals surface area contributed by atoms with Crippen LogP contribution in [0.1, 0.15) is 37.0 Å². The molecular weight excluding hydrogens is 480 g/mol. The number of esters is 2. The van der Waals surface area contributed by atoms with E-state index in [9.17, 15) is 19.7 Å². The number of dihydropyridines is 1. The first-order chi connectivity index (χ1) is 17.8. The summed E-state index contributed by atoms with van der Waals surface area (Å²) in [5, 5.41) is 14.5. The number of nitrogens with zero attached hydrogens (tertiary/aromatic N) is 5. The van der Waals surface area contributed by atoms with Crippen molar-refractivity contribution in [3.8, 4) is 0 Å². The van der Waals surface area contributed by atoms with Crippen molar-refractivity contribution >= 4 is 17.8 Å². The third-order valence-electron chi connectivity index (χ3n) is 5.80. The first-order valence-electron chi connectivity index (χ1n) is 11.3. The van der Waals surface area contributed by atoms with Gasteiger partial charge in [-0.25, -0.2) is 19.1 Å². The second kappa shape index (κ2) is 10.8. The van der Waals surface area contributed by atoms with Gasteiger partial charge in [0, 0.05) is 23.8 Å². The van der Waals surface area contributed by atoms with E-state index in [0.717, 1.165) is 6.20 Å². The van der Waals surface area contributed by atoms with Gasteiger partial charge in [0.1, 0.15) is 25.3 Å². The largest absolute Gasteiger partial charge is 0.456 e. The van der Waals surface area contributed by atoms with Crippen molar-refractivity contribution in [2.75, 3.05) is 0 Å². The average molecular weight is 505 g/mol. The molecule has 1 aliphatic heterocycles. The fourth-order valence-corrected chi connectivity index (χ4v) is 4.05. The number of carbonyl (C=O) groups excluding carboxylic acids is 2. The third kappa shape index (κ3) is 5.37. The smallest absolute Gasteiger partial charge is 0.342 e. The Morgan fingerprint density at radius 1 is 0.946 bits per heavy atom. The van der Waals surface area contributed by atoms with Gasteiger partial charge in [-0.2, -0.15) is 0 Å². The lowest BCUT2D eigenvalue weighted by molar-refractivity contribution is -0.391. The summed E-state index contributed by atoms with van der Waals surface area (Å²) >= 11 is 0. The number of aromatic nitrogens is 4. The van der Waals surface area contributed by atoms with Crippen LogP contribution in [0.5, 0.6) is 0 Å². The molecule has 190 valence electrons. The molecule has 0 saturated carbocycles. The standard InChI is InChI=1S/C25H24N6O6/c1-15-20(24(32)36-13-17-8-4-6-10-26-17)22(23-28-12-19(30(23)3)31(34)35)21(16(2)29-15)25(33)37-14-18-9-5-7-11-27-18/h4-12,22,29H,13-14H2,1-3H3. The topological polar surface area (TPSA) is 151 Å². The maximum absolute atomic E-state index is 13.4. The van der Waals surface area contributed by atoms with Crippen molar-refractivity contribution in [3.05, 3.63) is 105 Å². The van der Waals surface area contributed by atoms with Crippen LogP contribution in [0.15, 0.2) is 77.5 Å². The predicted octanol–water partition coefficient (Wildman–Crippen LogP) is 2.84. The molecule has 0 amide bonds. The normalized spacial score (nSPS) is 13.8. The fraction of sp³-hybridized carbons (Fsp3) is 0.240. The van der Waals surface area contributed by atoms with E-state index in [-0.39, 0.29) is 36.0 Å². The molecule has 0 radical (unpaired) electrons. The van der Waals surface area contributed by atoms with Gasteiger partial charge in [0.2, 0.25) is 5.82 Å². The van der Waals surface area contributed by atoms with Crippen LogP contribution in [0.3, 0.4) is 0 Å². The highest BCUT2D eigenvalue weighted by molar-refractivity contribution is 5.99. The molecule has 1 aliphatic rings. The number of hydrogen-bond donors (Lipinski definition) is 1. The Morgan fingerprint density at radius 2 is 1.46 bits per heavy atom. The number of hydrogen-bond acceptors (Lipinski definition) is 10. The van der Waals surface area contributed by atoms with Crippen molar-refractivity contribution in [2.45, 2.75) is 33.0 Å². The number of nitrogens with one attached hydrogen (secondary N) is 1. The molecule has 3 aromatic rings. The number of rotatable bonds is 8. The minimum absolute atomic E-state index is 0.0786. The molecule has 0 bridgehead atoms. The Bertz CT molecular complexity index is 1320. The Hall–Kier alpha value is -4.87. The fourth-order valence-electron chi connectivity index (χ4n) is 4.05. The molecule has 1 N–H and O–H groups in total. The molecule has 0 saturated heterocycles. The number of pyridine rings is 2. The van der Waals surface area contributed by atoms with Gasteiger partial charge in [-0.1, -0.05) is 12.1 Å². The molecule has 3 aromatic heterocycles. The van der Waals surface area contributed by atoms with Crippen molar-refractivity contribution < 1.29 is 24.0 Å². The molecule has 12 heteroatoms. The number of imidazole rings is 1. The molecule has 0 atom stereocenters. The van der Waals surface area contributed by atoms with E-state index in [1.807, 2.05) is 0 Å². The van der Waals surface area contributed by atoms with Gasteiger partial charge in [0.15, 0.2) is 0 Å². The third-order valence-corrected chi connectivity index (χ3v) is 5.80. The van der Waals surface area contributed by atoms with Crippen LogP contribution in [0.25, 0.3) is 0 Å². The van der Waals surface area contributed by atoms with E-state index in [1.165, 1.54) is 11.6 Å². The molecule has 0 unspecified atom stereocenters. The monoisotopic (exact) mass is 504 g/mol. The molecule has 0 aromatic carbocycles. The van der Waals surface area contributed by atoms with E-state index in [2.05, 4.69) is 20.3 Å². The molecule has 0 aliphatic carbocycles. The molecule has 4 rings (SSSR count). The first kappa shape index (κ1) is 25.2. The summed E-state index contributed by atoms with van der Waals surface area (Å²) in [7, 11) is 1.45. The van der Waals surface area contributed by atoms with E-state index in [1.54, 1.807) is 62.6 Å². The molecule has 0 fully saturated rings. The Morgan fingerprint density at radius 3 is 1.86 bits per heavy atom. The number of carbonyl (C=O) groups is 2. The van der Waals surface area contributed by atoms with Gasteiger partial charge in [-0.3, -0.25) is 9.97 Å². The van der Waals surface area contributed by atoms with Gasteiger partial charge < -0.3 is 24.9 Å². The molecule has 12 nitrogen and oxygen atoms in total. The van der Waals surface area contributed by atoms with Crippen LogP contribution in [0.4, 0.5) is 5.82 Å². The predicted molar refractivity (Wildman–Crippen MR) is 129 cm³/mol. The first-order valence-corrected chi connectivity index (χ1v) is 11.3. The van der Waals surface area contributed by atoms with E-state index >= 15 is 0 Å². The zero-order chi connectivity index (χ0) is 26.5. The van der Waals surface area contributed by atoms with Crippen LogP contribution < -0.4 is 5.32 Å². The summed E-state index contributed by atoms with van der Waals surface area (Å²) in [4.78, 5) is 50.2. The van der Waals surface area contributed by atoms with Gasteiger partial charge in [0.05, 0.1) is 29.6 Å². The number of ether oxygens (including phenoxy) is 2. The second-order valence-electron chi connectivity index (χ2n) is 8.22. The molecular formula is C25H24N6O6. The Balaban J connectivity index is 1.71. The van der Waals surface area contributed by atoms with Crippen molar-refractivity contribution in [2.24, 2.45) is 7.05 Å². The van der Waals surface area contributed by atoms with Gasteiger partial charge >= 0.3 is 17.8 Å². The summed E-state index contributed by atoms with van der Waals surface area (Å²) in [6.45, 7) is 3.10. The zero-order valence-electron chi connectivity index (χ0n) is 20.4. The van der Waals surface area contributed by atoms with Crippen LogP contribution in [0, 0.1) is 10.1 Å². The van der Waals surface area contributed by atoms with E-state index in [4.69, 9.17) is 9.47 Å². The van der Waals surface area contributed by atoms with Gasteiger partial charge in [-0.15, -0.1) is 0 Å². The molecule has 4 heterocycles. The van der Waals surface area contributed by atoms with Crippen molar-refractivity contribution in [3.63, 3.8) is 0 Å². The van der Waals surface area contributed by atoms with E-state index in [0.29, 0.717) is 22.8 Å². The summed E-state index contributed by atoms with van der Waals surface area (Å²) in [5.74, 6) is -2.73. The zero-order valence-corrected chi connectivity index (χ0v) is 20.4. The lowest BCUT2D eigenvalue weighted by Gasteiger charge is -2.28. The van der Waals surface area contributed by atoms with Crippen molar-refractivity contribution in [1.82, 2.24) is 24.8 Å². The maximum atomic E-state index is 13.4. The second-order valence-corrected chi connectivity index (χ2v) is 8.22. The lowest BCUT2D eigenvalue weighted by Crippen LogP contribution is -2.33. The minimum atomic E-state index is -1.09.